The van der Waals surface area contributed by atoms with Gasteiger partial charge in [0.1, 0.15) is 0 Å². The average molecular weight is 471 g/mol. The van der Waals surface area contributed by atoms with Crippen molar-refractivity contribution < 1.29 is 23.9 Å². The lowest BCUT2D eigenvalue weighted by Crippen LogP contribution is -2.50. The lowest BCUT2D eigenvalue weighted by molar-refractivity contribution is -0.132. The van der Waals surface area contributed by atoms with E-state index in [1.54, 1.807) is 12.1 Å². The third-order valence-corrected chi connectivity index (χ3v) is 6.17. The van der Waals surface area contributed by atoms with Crippen molar-refractivity contribution in [2.24, 2.45) is 5.92 Å². The summed E-state index contributed by atoms with van der Waals surface area (Å²) in [6.07, 6.45) is 4.53. The predicted octanol–water partition coefficient (Wildman–Crippen LogP) is 2.79. The first-order valence-corrected chi connectivity index (χ1v) is 11.0. The number of ether oxygens (including phenoxy) is 1. The molecule has 1 amide bonds. The molecule has 1 saturated heterocycles. The smallest absolute Gasteiger partial charge is 0.337 e. The van der Waals surface area contributed by atoms with E-state index in [9.17, 15) is 19.2 Å². The van der Waals surface area contributed by atoms with Gasteiger partial charge in [-0.1, -0.05) is 12.5 Å². The Kier molecular flexibility index (Phi) is 9.93. The highest BCUT2D eigenvalue weighted by Gasteiger charge is 2.25. The molecule has 1 aliphatic carbocycles. The molecular formula is C22H28Cl2N2O5. The Bertz CT molecular complexity index is 806. The van der Waals surface area contributed by atoms with Gasteiger partial charge in [0.05, 0.1) is 19.1 Å². The number of halogens is 2. The maximum atomic E-state index is 12.6. The van der Waals surface area contributed by atoms with Crippen molar-refractivity contribution in [2.45, 2.75) is 32.6 Å². The molecule has 2 fully saturated rings. The van der Waals surface area contributed by atoms with Crippen LogP contribution in [0.1, 0.15) is 40.7 Å². The predicted molar refractivity (Wildman–Crippen MR) is 118 cm³/mol. The summed E-state index contributed by atoms with van der Waals surface area (Å²) in [5.41, 5.74) is 2.47. The van der Waals surface area contributed by atoms with Crippen molar-refractivity contribution in [2.75, 3.05) is 39.8 Å². The van der Waals surface area contributed by atoms with Gasteiger partial charge in [0.15, 0.2) is 0 Å². The number of benzene rings is 1. The number of hydrogen-bond acceptors (Lipinski definition) is 6. The summed E-state index contributed by atoms with van der Waals surface area (Å²) < 4.78 is 4.74. The Morgan fingerprint density at radius 1 is 1.03 bits per heavy atom. The number of carbonyl (C=O) groups is 4. The molecule has 3 rings (SSSR count). The van der Waals surface area contributed by atoms with Crippen LogP contribution in [0.15, 0.2) is 18.2 Å². The summed E-state index contributed by atoms with van der Waals surface area (Å²) in [4.78, 5) is 47.5. The number of nitrogens with zero attached hydrogens (tertiary/aromatic N) is 2. The number of piperazine rings is 1. The maximum absolute atomic E-state index is 12.6. The number of amides is 1. The van der Waals surface area contributed by atoms with E-state index in [1.165, 1.54) is 32.9 Å². The molecule has 1 aromatic rings. The molecule has 0 atom stereocenters. The van der Waals surface area contributed by atoms with Crippen LogP contribution < -0.4 is 0 Å². The van der Waals surface area contributed by atoms with Crippen molar-refractivity contribution in [3.8, 4) is 0 Å². The molecule has 0 N–H and O–H groups in total. The second-order valence-electron chi connectivity index (χ2n) is 7.84. The molecule has 2 aliphatic rings. The van der Waals surface area contributed by atoms with Crippen LogP contribution >= 0.6 is 23.2 Å². The van der Waals surface area contributed by atoms with Gasteiger partial charge in [-0.05, 0) is 72.1 Å². The van der Waals surface area contributed by atoms with Crippen LogP contribution in [-0.2, 0) is 25.5 Å². The fourth-order valence-corrected chi connectivity index (χ4v) is 3.63. The van der Waals surface area contributed by atoms with Crippen molar-refractivity contribution >= 4 is 45.6 Å². The minimum atomic E-state index is -1.14. The molecule has 1 saturated carbocycles. The third-order valence-electron chi connectivity index (χ3n) is 5.73. The topological polar surface area (TPSA) is 84.0 Å². The maximum Gasteiger partial charge on any atom is 0.337 e. The summed E-state index contributed by atoms with van der Waals surface area (Å²) in [7, 11) is 1.37. The van der Waals surface area contributed by atoms with E-state index in [1.807, 2.05) is 17.9 Å². The molecule has 1 aromatic carbocycles. The van der Waals surface area contributed by atoms with Crippen LogP contribution in [0.3, 0.4) is 0 Å². The third kappa shape index (κ3) is 7.91. The fraction of sp³-hybridized carbons (Fsp3) is 0.545. The largest absolute Gasteiger partial charge is 0.465 e. The molecule has 0 spiro atoms. The quantitative estimate of drug-likeness (QED) is 0.361. The zero-order valence-corrected chi connectivity index (χ0v) is 19.4. The van der Waals surface area contributed by atoms with Gasteiger partial charge in [0, 0.05) is 32.7 Å². The highest BCUT2D eigenvalue weighted by Crippen LogP contribution is 2.27. The van der Waals surface area contributed by atoms with Crippen LogP contribution in [0.5, 0.6) is 0 Å². The zero-order chi connectivity index (χ0) is 23.0. The lowest BCUT2D eigenvalue weighted by Gasteiger charge is -2.38. The molecule has 31 heavy (non-hydrogen) atoms. The summed E-state index contributed by atoms with van der Waals surface area (Å²) >= 11 is 8.98. The average Bonchev–Trinajstić information content (AvgIpc) is 2.72. The van der Waals surface area contributed by atoms with Crippen molar-refractivity contribution in [3.05, 3.63) is 34.9 Å². The van der Waals surface area contributed by atoms with Crippen LogP contribution in [0.4, 0.5) is 0 Å². The van der Waals surface area contributed by atoms with Gasteiger partial charge >= 0.3 is 16.5 Å². The van der Waals surface area contributed by atoms with Gasteiger partial charge in [0.25, 0.3) is 0 Å². The monoisotopic (exact) mass is 470 g/mol. The standard InChI is InChI=1S/C20H28N2O3.C2Cl2O2/c1-15-12-18(20(24)25-2)7-6-17(15)13-19(23)22-10-8-21(9-11-22)14-16-4-3-5-16;3-1(5)2(4)6/h6-7,12,16H,3-5,8-11,13-14H2,1-2H3;. The van der Waals surface area contributed by atoms with Crippen molar-refractivity contribution in [1.29, 1.82) is 0 Å². The molecule has 1 aliphatic heterocycles. The number of aryl methyl sites for hydroxylation is 1. The summed E-state index contributed by atoms with van der Waals surface area (Å²) in [6, 6.07) is 5.40. The number of methoxy groups -OCH3 is 1. The van der Waals surface area contributed by atoms with Gasteiger partial charge in [-0.3, -0.25) is 19.3 Å². The first-order valence-electron chi connectivity index (χ1n) is 10.3. The number of carbonyl (C=O) groups excluding carboxylic acids is 4. The molecule has 0 bridgehead atoms. The van der Waals surface area contributed by atoms with Crippen molar-refractivity contribution in [3.63, 3.8) is 0 Å². The number of hydrogen-bond donors (Lipinski definition) is 0. The molecule has 7 nitrogen and oxygen atoms in total. The zero-order valence-electron chi connectivity index (χ0n) is 17.9. The fourth-order valence-electron chi connectivity index (χ4n) is 3.63. The highest BCUT2D eigenvalue weighted by molar-refractivity contribution is 6.97. The van der Waals surface area contributed by atoms with E-state index in [0.717, 1.165) is 43.2 Å². The molecule has 1 heterocycles. The van der Waals surface area contributed by atoms with Gasteiger partial charge in [-0.15, -0.1) is 0 Å². The second kappa shape index (κ2) is 12.2. The van der Waals surface area contributed by atoms with E-state index in [-0.39, 0.29) is 11.9 Å². The van der Waals surface area contributed by atoms with E-state index >= 15 is 0 Å². The first kappa shape index (κ1) is 25.3. The van der Waals surface area contributed by atoms with Crippen molar-refractivity contribution in [1.82, 2.24) is 9.80 Å². The van der Waals surface area contributed by atoms with Crippen LogP contribution in [0.2, 0.25) is 0 Å². The minimum Gasteiger partial charge on any atom is -0.465 e. The van der Waals surface area contributed by atoms with E-state index in [4.69, 9.17) is 4.74 Å². The molecule has 0 unspecified atom stereocenters. The Labute approximate surface area is 192 Å². The molecule has 170 valence electrons. The van der Waals surface area contributed by atoms with Gasteiger partial charge in [-0.25, -0.2) is 4.79 Å². The molecule has 0 radical (unpaired) electrons. The molecule has 9 heteroatoms. The van der Waals surface area contributed by atoms with E-state index < -0.39 is 10.5 Å². The van der Waals surface area contributed by atoms with Crippen LogP contribution in [0.25, 0.3) is 0 Å². The van der Waals surface area contributed by atoms with E-state index in [0.29, 0.717) is 12.0 Å². The highest BCUT2D eigenvalue weighted by atomic mass is 35.5. The lowest BCUT2D eigenvalue weighted by atomic mass is 9.85. The molecule has 0 aromatic heterocycles. The van der Waals surface area contributed by atoms with Gasteiger partial charge in [0.2, 0.25) is 5.91 Å². The normalized spacial score (nSPS) is 16.6. The Morgan fingerprint density at radius 3 is 2.10 bits per heavy atom. The van der Waals surface area contributed by atoms with Gasteiger partial charge < -0.3 is 9.64 Å². The summed E-state index contributed by atoms with van der Waals surface area (Å²) in [5, 5.41) is -2.28. The van der Waals surface area contributed by atoms with Crippen LogP contribution in [0, 0.1) is 12.8 Å². The Morgan fingerprint density at radius 2 is 1.65 bits per heavy atom. The van der Waals surface area contributed by atoms with Gasteiger partial charge in [-0.2, -0.15) is 0 Å². The Hall–Kier alpha value is -1.96. The number of rotatable bonds is 6. The summed E-state index contributed by atoms with van der Waals surface area (Å²) in [6.45, 7) is 6.77. The first-order chi connectivity index (χ1) is 14.7. The summed E-state index contributed by atoms with van der Waals surface area (Å²) in [5.74, 6) is 0.721. The van der Waals surface area contributed by atoms with E-state index in [2.05, 4.69) is 28.1 Å². The minimum absolute atomic E-state index is 0.178. The molecular weight excluding hydrogens is 443 g/mol. The SMILES string of the molecule is COC(=O)c1ccc(CC(=O)N2CCN(CC3CCC3)CC2)c(C)c1.O=C(Cl)C(=O)Cl. The second-order valence-corrected chi connectivity index (χ2v) is 8.52. The Balaban J connectivity index is 0.000000501. The van der Waals surface area contributed by atoms with Crippen LogP contribution in [-0.4, -0.2) is 72.0 Å². The number of esters is 1.